The highest BCUT2D eigenvalue weighted by Gasteiger charge is 2.42. The lowest BCUT2D eigenvalue weighted by Crippen LogP contribution is -2.58. The number of rotatable bonds is 5. The second-order valence-electron chi connectivity index (χ2n) is 6.29. The van der Waals surface area contributed by atoms with Crippen LogP contribution in [0.25, 0.3) is 0 Å². The minimum absolute atomic E-state index is 0.0922. The molecule has 0 spiro atoms. The number of furan rings is 1. The highest BCUT2D eigenvalue weighted by atomic mass is 16.5. The standard InChI is InChI=1S/C19H23N3O4/c1-20-18(24)19(21-14-5-3-6-15(13-14)25-2)8-10-22(11-9-19)17(23)16-7-4-12-26-16/h3-7,12-13,21H,8-11H2,1-2H3,(H,20,24). The van der Waals surface area contributed by atoms with Gasteiger partial charge in [-0.1, -0.05) is 6.07 Å². The number of methoxy groups -OCH3 is 1. The van der Waals surface area contributed by atoms with Gasteiger partial charge in [0.2, 0.25) is 5.91 Å². The number of carbonyl (C=O) groups excluding carboxylic acids is 2. The molecule has 0 atom stereocenters. The number of nitrogens with zero attached hydrogens (tertiary/aromatic N) is 1. The van der Waals surface area contributed by atoms with Gasteiger partial charge in [0.25, 0.3) is 5.91 Å². The Kier molecular flexibility index (Phi) is 5.16. The molecule has 26 heavy (non-hydrogen) atoms. The Morgan fingerprint density at radius 3 is 2.58 bits per heavy atom. The average molecular weight is 357 g/mol. The van der Waals surface area contributed by atoms with E-state index in [9.17, 15) is 9.59 Å². The van der Waals surface area contributed by atoms with E-state index in [1.54, 1.807) is 31.2 Å². The molecule has 2 aromatic rings. The van der Waals surface area contributed by atoms with Gasteiger partial charge in [0.15, 0.2) is 5.76 Å². The van der Waals surface area contributed by atoms with Gasteiger partial charge in [0.05, 0.1) is 13.4 Å². The molecule has 1 aliphatic rings. The van der Waals surface area contributed by atoms with Crippen molar-refractivity contribution < 1.29 is 18.7 Å². The monoisotopic (exact) mass is 357 g/mol. The zero-order valence-electron chi connectivity index (χ0n) is 15.0. The molecule has 1 aromatic heterocycles. The maximum absolute atomic E-state index is 12.6. The third-order valence-electron chi connectivity index (χ3n) is 4.75. The first-order chi connectivity index (χ1) is 12.6. The van der Waals surface area contributed by atoms with Gasteiger partial charge in [0.1, 0.15) is 11.3 Å². The van der Waals surface area contributed by atoms with Crippen LogP contribution in [0.2, 0.25) is 0 Å². The molecule has 1 fully saturated rings. The molecule has 7 nitrogen and oxygen atoms in total. The van der Waals surface area contributed by atoms with Gasteiger partial charge >= 0.3 is 0 Å². The van der Waals surface area contributed by atoms with Crippen LogP contribution in [0.3, 0.4) is 0 Å². The molecular formula is C19H23N3O4. The second kappa shape index (κ2) is 7.51. The number of amides is 2. The van der Waals surface area contributed by atoms with Gasteiger partial charge in [-0.05, 0) is 37.1 Å². The van der Waals surface area contributed by atoms with E-state index >= 15 is 0 Å². The number of likely N-dealkylation sites (N-methyl/N-ethyl adjacent to an activating group) is 1. The molecule has 2 amide bonds. The van der Waals surface area contributed by atoms with Crippen molar-refractivity contribution >= 4 is 17.5 Å². The van der Waals surface area contributed by atoms with E-state index in [1.165, 1.54) is 6.26 Å². The van der Waals surface area contributed by atoms with E-state index in [0.29, 0.717) is 37.4 Å². The lowest BCUT2D eigenvalue weighted by atomic mass is 9.86. The summed E-state index contributed by atoms with van der Waals surface area (Å²) in [6, 6.07) is 10.8. The summed E-state index contributed by atoms with van der Waals surface area (Å²) >= 11 is 0. The summed E-state index contributed by atoms with van der Waals surface area (Å²) in [4.78, 5) is 26.8. The Hall–Kier alpha value is -2.96. The number of hydrogen-bond acceptors (Lipinski definition) is 5. The molecule has 0 radical (unpaired) electrons. The zero-order valence-corrected chi connectivity index (χ0v) is 15.0. The third kappa shape index (κ3) is 3.51. The summed E-state index contributed by atoms with van der Waals surface area (Å²) in [6.45, 7) is 0.924. The van der Waals surface area contributed by atoms with Crippen LogP contribution < -0.4 is 15.4 Å². The van der Waals surface area contributed by atoms with Crippen LogP contribution >= 0.6 is 0 Å². The Balaban J connectivity index is 1.75. The molecule has 0 unspecified atom stereocenters. The predicted octanol–water partition coefficient (Wildman–Crippen LogP) is 2.12. The number of ether oxygens (including phenoxy) is 1. The predicted molar refractivity (Wildman–Crippen MR) is 97.3 cm³/mol. The Morgan fingerprint density at radius 1 is 1.19 bits per heavy atom. The summed E-state index contributed by atoms with van der Waals surface area (Å²) in [7, 11) is 3.23. The van der Waals surface area contributed by atoms with Gasteiger partial charge in [0, 0.05) is 31.9 Å². The van der Waals surface area contributed by atoms with Crippen LogP contribution in [0, 0.1) is 0 Å². The molecule has 0 aliphatic carbocycles. The van der Waals surface area contributed by atoms with Crippen LogP contribution in [0.15, 0.2) is 47.1 Å². The largest absolute Gasteiger partial charge is 0.497 e. The number of anilines is 1. The molecule has 2 N–H and O–H groups in total. The molecule has 0 saturated carbocycles. The number of carbonyl (C=O) groups is 2. The van der Waals surface area contributed by atoms with Crippen molar-refractivity contribution in [1.82, 2.24) is 10.2 Å². The first-order valence-electron chi connectivity index (χ1n) is 8.55. The molecular weight excluding hydrogens is 334 g/mol. The third-order valence-corrected chi connectivity index (χ3v) is 4.75. The second-order valence-corrected chi connectivity index (χ2v) is 6.29. The molecule has 1 aliphatic heterocycles. The van der Waals surface area contributed by atoms with Crippen LogP contribution in [0.4, 0.5) is 5.69 Å². The topological polar surface area (TPSA) is 83.8 Å². The maximum atomic E-state index is 12.6. The molecule has 0 bridgehead atoms. The Labute approximate surface area is 152 Å². The molecule has 1 saturated heterocycles. The van der Waals surface area contributed by atoms with Crippen molar-refractivity contribution in [3.63, 3.8) is 0 Å². The average Bonchev–Trinajstić information content (AvgIpc) is 3.22. The number of likely N-dealkylation sites (tertiary alicyclic amines) is 1. The quantitative estimate of drug-likeness (QED) is 0.856. The van der Waals surface area contributed by atoms with Gasteiger partial charge in [-0.2, -0.15) is 0 Å². The molecule has 7 heteroatoms. The fourth-order valence-electron chi connectivity index (χ4n) is 3.27. The minimum atomic E-state index is -0.777. The highest BCUT2D eigenvalue weighted by Crippen LogP contribution is 2.29. The summed E-state index contributed by atoms with van der Waals surface area (Å²) in [6.07, 6.45) is 2.48. The van der Waals surface area contributed by atoms with Gasteiger partial charge in [-0.25, -0.2) is 0 Å². The number of piperidine rings is 1. The number of benzene rings is 1. The summed E-state index contributed by atoms with van der Waals surface area (Å²) in [5.74, 6) is 0.790. The highest BCUT2D eigenvalue weighted by molar-refractivity contribution is 5.93. The van der Waals surface area contributed by atoms with Crippen molar-refractivity contribution in [2.24, 2.45) is 0 Å². The van der Waals surface area contributed by atoms with E-state index < -0.39 is 5.54 Å². The minimum Gasteiger partial charge on any atom is -0.497 e. The van der Waals surface area contributed by atoms with E-state index in [2.05, 4.69) is 10.6 Å². The van der Waals surface area contributed by atoms with Gasteiger partial charge < -0.3 is 24.7 Å². The van der Waals surface area contributed by atoms with Gasteiger partial charge in [-0.15, -0.1) is 0 Å². The van der Waals surface area contributed by atoms with E-state index in [-0.39, 0.29) is 11.8 Å². The molecule has 1 aromatic carbocycles. The molecule has 2 heterocycles. The van der Waals surface area contributed by atoms with E-state index in [4.69, 9.17) is 9.15 Å². The van der Waals surface area contributed by atoms with Crippen molar-refractivity contribution in [3.8, 4) is 5.75 Å². The fourth-order valence-corrected chi connectivity index (χ4v) is 3.27. The van der Waals surface area contributed by atoms with E-state index in [1.807, 2.05) is 24.3 Å². The van der Waals surface area contributed by atoms with E-state index in [0.717, 1.165) is 5.69 Å². The Morgan fingerprint density at radius 2 is 1.96 bits per heavy atom. The van der Waals surface area contributed by atoms with Crippen molar-refractivity contribution in [2.75, 3.05) is 32.6 Å². The first kappa shape index (κ1) is 17.8. The molecule has 3 rings (SSSR count). The number of nitrogens with one attached hydrogen (secondary N) is 2. The maximum Gasteiger partial charge on any atom is 0.289 e. The normalized spacial score (nSPS) is 16.0. The molecule has 138 valence electrons. The first-order valence-corrected chi connectivity index (χ1v) is 8.55. The Bertz CT molecular complexity index is 765. The van der Waals surface area contributed by atoms with Crippen molar-refractivity contribution in [2.45, 2.75) is 18.4 Å². The SMILES string of the molecule is CNC(=O)C1(Nc2cccc(OC)c2)CCN(C(=O)c2ccco2)CC1. The van der Waals surface area contributed by atoms with Crippen LogP contribution in [-0.2, 0) is 4.79 Å². The smallest absolute Gasteiger partial charge is 0.289 e. The van der Waals surface area contributed by atoms with Crippen molar-refractivity contribution in [1.29, 1.82) is 0 Å². The summed E-state index contributed by atoms with van der Waals surface area (Å²) in [5, 5.41) is 6.10. The van der Waals surface area contributed by atoms with Crippen LogP contribution in [0.5, 0.6) is 5.75 Å². The lowest BCUT2D eigenvalue weighted by Gasteiger charge is -2.41. The van der Waals surface area contributed by atoms with Crippen LogP contribution in [0.1, 0.15) is 23.4 Å². The van der Waals surface area contributed by atoms with Crippen LogP contribution in [-0.4, -0.2) is 49.5 Å². The van der Waals surface area contributed by atoms with Gasteiger partial charge in [-0.3, -0.25) is 9.59 Å². The summed E-state index contributed by atoms with van der Waals surface area (Å²) in [5.41, 5.74) is 0.0277. The summed E-state index contributed by atoms with van der Waals surface area (Å²) < 4.78 is 10.4. The number of hydrogen-bond donors (Lipinski definition) is 2. The fraction of sp³-hybridized carbons (Fsp3) is 0.368. The lowest BCUT2D eigenvalue weighted by molar-refractivity contribution is -0.126. The zero-order chi connectivity index (χ0) is 18.6. The van der Waals surface area contributed by atoms with Crippen molar-refractivity contribution in [3.05, 3.63) is 48.4 Å².